The lowest BCUT2D eigenvalue weighted by molar-refractivity contribution is 0.414. The molecule has 0 unspecified atom stereocenters. The van der Waals surface area contributed by atoms with E-state index in [1.807, 2.05) is 23.5 Å². The second-order valence-corrected chi connectivity index (χ2v) is 5.81. The molecule has 4 heteroatoms. The Labute approximate surface area is 125 Å². The standard InChI is InChI=1S/C16H22N2OS/c1-4-14-15(11-17-5-2)20-16(18-14)10-12-7-6-8-13(9-12)19-3/h6-9,17H,4-5,10-11H2,1-3H3. The van der Waals surface area contributed by atoms with E-state index in [0.717, 1.165) is 31.7 Å². The Bertz CT molecular complexity index is 551. The molecule has 0 radical (unpaired) electrons. The second kappa shape index (κ2) is 7.41. The summed E-state index contributed by atoms with van der Waals surface area (Å²) in [4.78, 5) is 6.14. The summed E-state index contributed by atoms with van der Waals surface area (Å²) in [5.41, 5.74) is 2.48. The zero-order valence-corrected chi connectivity index (χ0v) is 13.2. The van der Waals surface area contributed by atoms with Crippen molar-refractivity contribution in [3.05, 3.63) is 45.4 Å². The summed E-state index contributed by atoms with van der Waals surface area (Å²) < 4.78 is 5.27. The maximum atomic E-state index is 5.27. The Kier molecular flexibility index (Phi) is 5.56. The van der Waals surface area contributed by atoms with Crippen LogP contribution >= 0.6 is 11.3 Å². The number of nitrogens with zero attached hydrogens (tertiary/aromatic N) is 1. The average molecular weight is 290 g/mol. The molecule has 0 amide bonds. The molecule has 0 aliphatic rings. The normalized spacial score (nSPS) is 10.8. The van der Waals surface area contributed by atoms with E-state index in [2.05, 4.69) is 31.3 Å². The predicted molar refractivity (Wildman–Crippen MR) is 84.7 cm³/mol. The van der Waals surface area contributed by atoms with Crippen LogP contribution in [0.15, 0.2) is 24.3 Å². The van der Waals surface area contributed by atoms with Crippen LogP contribution in [0, 0.1) is 0 Å². The summed E-state index contributed by atoms with van der Waals surface area (Å²) in [6.45, 7) is 6.21. The van der Waals surface area contributed by atoms with Crippen molar-refractivity contribution in [2.45, 2.75) is 33.2 Å². The minimum absolute atomic E-state index is 0.876. The summed E-state index contributed by atoms with van der Waals surface area (Å²) in [5.74, 6) is 0.905. The van der Waals surface area contributed by atoms with Gasteiger partial charge >= 0.3 is 0 Å². The van der Waals surface area contributed by atoms with Gasteiger partial charge in [-0.3, -0.25) is 0 Å². The summed E-state index contributed by atoms with van der Waals surface area (Å²) in [6.07, 6.45) is 1.87. The molecule has 2 aromatic rings. The van der Waals surface area contributed by atoms with Crippen LogP contribution < -0.4 is 10.1 Å². The molecule has 0 fully saturated rings. The van der Waals surface area contributed by atoms with E-state index in [-0.39, 0.29) is 0 Å². The highest BCUT2D eigenvalue weighted by atomic mass is 32.1. The molecule has 20 heavy (non-hydrogen) atoms. The monoisotopic (exact) mass is 290 g/mol. The van der Waals surface area contributed by atoms with Crippen LogP contribution in [0.25, 0.3) is 0 Å². The van der Waals surface area contributed by atoms with Gasteiger partial charge < -0.3 is 10.1 Å². The van der Waals surface area contributed by atoms with E-state index in [4.69, 9.17) is 9.72 Å². The van der Waals surface area contributed by atoms with Gasteiger partial charge in [-0.05, 0) is 30.7 Å². The van der Waals surface area contributed by atoms with Gasteiger partial charge in [0.1, 0.15) is 5.75 Å². The van der Waals surface area contributed by atoms with Gasteiger partial charge in [0.15, 0.2) is 0 Å². The minimum Gasteiger partial charge on any atom is -0.497 e. The minimum atomic E-state index is 0.876. The number of hydrogen-bond donors (Lipinski definition) is 1. The van der Waals surface area contributed by atoms with E-state index in [9.17, 15) is 0 Å². The van der Waals surface area contributed by atoms with Gasteiger partial charge in [-0.25, -0.2) is 4.98 Å². The number of ether oxygens (including phenoxy) is 1. The molecule has 0 aliphatic carbocycles. The molecule has 2 rings (SSSR count). The third-order valence-corrected chi connectivity index (χ3v) is 4.28. The van der Waals surface area contributed by atoms with Crippen molar-refractivity contribution >= 4 is 11.3 Å². The van der Waals surface area contributed by atoms with Gasteiger partial charge in [0, 0.05) is 17.8 Å². The summed E-state index contributed by atoms with van der Waals surface area (Å²) in [7, 11) is 1.70. The molecule has 0 spiro atoms. The van der Waals surface area contributed by atoms with Crippen LogP contribution in [-0.4, -0.2) is 18.6 Å². The third kappa shape index (κ3) is 3.81. The Hall–Kier alpha value is -1.39. The lowest BCUT2D eigenvalue weighted by Gasteiger charge is -2.02. The van der Waals surface area contributed by atoms with Crippen LogP contribution in [0.3, 0.4) is 0 Å². The van der Waals surface area contributed by atoms with Crippen LogP contribution in [0.1, 0.15) is 35.0 Å². The van der Waals surface area contributed by atoms with Gasteiger partial charge in [0.2, 0.25) is 0 Å². The first kappa shape index (κ1) is 15.0. The summed E-state index contributed by atoms with van der Waals surface area (Å²) >= 11 is 1.82. The van der Waals surface area contributed by atoms with Crippen LogP contribution in [-0.2, 0) is 19.4 Å². The van der Waals surface area contributed by atoms with Gasteiger partial charge in [-0.1, -0.05) is 26.0 Å². The number of hydrogen-bond acceptors (Lipinski definition) is 4. The molecule has 0 aliphatic heterocycles. The SMILES string of the molecule is CCNCc1sc(Cc2cccc(OC)c2)nc1CC. The molecular formula is C16H22N2OS. The molecule has 1 aromatic carbocycles. The number of aromatic nitrogens is 1. The number of aryl methyl sites for hydroxylation is 1. The zero-order valence-electron chi connectivity index (χ0n) is 12.4. The maximum absolute atomic E-state index is 5.27. The van der Waals surface area contributed by atoms with E-state index in [1.165, 1.54) is 21.1 Å². The van der Waals surface area contributed by atoms with Crippen molar-refractivity contribution < 1.29 is 4.74 Å². The van der Waals surface area contributed by atoms with Crippen molar-refractivity contribution in [2.24, 2.45) is 0 Å². The van der Waals surface area contributed by atoms with E-state index in [1.54, 1.807) is 7.11 Å². The first-order valence-corrected chi connectivity index (χ1v) is 7.89. The Balaban J connectivity index is 2.14. The number of benzene rings is 1. The molecule has 3 nitrogen and oxygen atoms in total. The van der Waals surface area contributed by atoms with Gasteiger partial charge in [0.25, 0.3) is 0 Å². The van der Waals surface area contributed by atoms with Crippen molar-refractivity contribution in [1.82, 2.24) is 10.3 Å². The molecular weight excluding hydrogens is 268 g/mol. The molecule has 0 atom stereocenters. The van der Waals surface area contributed by atoms with E-state index < -0.39 is 0 Å². The zero-order chi connectivity index (χ0) is 14.4. The lowest BCUT2D eigenvalue weighted by atomic mass is 10.1. The maximum Gasteiger partial charge on any atom is 0.119 e. The first-order chi connectivity index (χ1) is 9.76. The predicted octanol–water partition coefficient (Wildman–Crippen LogP) is 3.41. The number of rotatable bonds is 7. The summed E-state index contributed by atoms with van der Waals surface area (Å²) in [6, 6.07) is 8.21. The number of thiazole rings is 1. The Morgan fingerprint density at radius 3 is 2.85 bits per heavy atom. The highest BCUT2D eigenvalue weighted by Gasteiger charge is 2.10. The van der Waals surface area contributed by atoms with Gasteiger partial charge in [0.05, 0.1) is 17.8 Å². The number of nitrogens with one attached hydrogen (secondary N) is 1. The fourth-order valence-electron chi connectivity index (χ4n) is 2.12. The van der Waals surface area contributed by atoms with Crippen LogP contribution in [0.4, 0.5) is 0 Å². The second-order valence-electron chi connectivity index (χ2n) is 4.64. The quantitative estimate of drug-likeness (QED) is 0.848. The highest BCUT2D eigenvalue weighted by molar-refractivity contribution is 7.11. The van der Waals surface area contributed by atoms with Crippen LogP contribution in [0.2, 0.25) is 0 Å². The largest absolute Gasteiger partial charge is 0.497 e. The molecule has 0 saturated carbocycles. The first-order valence-electron chi connectivity index (χ1n) is 7.07. The van der Waals surface area contributed by atoms with Crippen molar-refractivity contribution in [1.29, 1.82) is 0 Å². The van der Waals surface area contributed by atoms with E-state index in [0.29, 0.717) is 0 Å². The molecule has 1 heterocycles. The molecule has 0 saturated heterocycles. The topological polar surface area (TPSA) is 34.1 Å². The van der Waals surface area contributed by atoms with Crippen LogP contribution in [0.5, 0.6) is 5.75 Å². The molecule has 1 N–H and O–H groups in total. The fourth-order valence-corrected chi connectivity index (χ4v) is 3.28. The molecule has 0 bridgehead atoms. The molecule has 1 aromatic heterocycles. The Morgan fingerprint density at radius 2 is 2.15 bits per heavy atom. The average Bonchev–Trinajstić information content (AvgIpc) is 2.87. The lowest BCUT2D eigenvalue weighted by Crippen LogP contribution is -2.11. The fraction of sp³-hybridized carbons (Fsp3) is 0.438. The number of methoxy groups -OCH3 is 1. The molecule has 108 valence electrons. The van der Waals surface area contributed by atoms with Gasteiger partial charge in [-0.15, -0.1) is 11.3 Å². The van der Waals surface area contributed by atoms with Crippen molar-refractivity contribution in [3.8, 4) is 5.75 Å². The Morgan fingerprint density at radius 1 is 1.30 bits per heavy atom. The highest BCUT2D eigenvalue weighted by Crippen LogP contribution is 2.23. The van der Waals surface area contributed by atoms with Crippen molar-refractivity contribution in [2.75, 3.05) is 13.7 Å². The smallest absolute Gasteiger partial charge is 0.119 e. The third-order valence-electron chi connectivity index (χ3n) is 3.18. The van der Waals surface area contributed by atoms with Crippen molar-refractivity contribution in [3.63, 3.8) is 0 Å². The summed E-state index contributed by atoms with van der Waals surface area (Å²) in [5, 5.41) is 4.57. The van der Waals surface area contributed by atoms with Gasteiger partial charge in [-0.2, -0.15) is 0 Å². The van der Waals surface area contributed by atoms with E-state index >= 15 is 0 Å².